The lowest BCUT2D eigenvalue weighted by Crippen LogP contribution is -2.19. The molecule has 5 aromatic carbocycles. The van der Waals surface area contributed by atoms with E-state index in [9.17, 15) is 0 Å². The maximum atomic E-state index is 4.56. The molecule has 1 aliphatic heterocycles. The molecule has 0 bridgehead atoms. The van der Waals surface area contributed by atoms with Crippen LogP contribution in [0.25, 0.3) is 22.3 Å². The highest BCUT2D eigenvalue weighted by Gasteiger charge is 2.19. The third-order valence-electron chi connectivity index (χ3n) is 8.10. The SMILES string of the molecule is C=C(/C=C\C=C/C)N(C1=C/Cc2ccccc2N(c2ccc(-c3ccccc3)cc2)C(=C)/C=C\1)c1ccc(-c2ccccc2)cc1. The fourth-order valence-electron chi connectivity index (χ4n) is 5.77. The standard InChI is InChI=1S/C44H38N2/c1-4-5-8-15-34(2)45(42-29-23-38(24-30-42)36-16-9-6-10-17-36)41-28-22-35(3)46(44-21-14-13-20-40(44)27-33-41)43-31-25-39(26-32-43)37-18-11-7-12-19-37/h4-26,28-33H,2-3,27H2,1H3/b5-4-,15-8-,28-22-,41-33+. The van der Waals surface area contributed by atoms with Gasteiger partial charge in [-0.1, -0.05) is 141 Å². The van der Waals surface area contributed by atoms with Gasteiger partial charge in [0.05, 0.1) is 0 Å². The summed E-state index contributed by atoms with van der Waals surface area (Å²) in [5, 5.41) is 0. The topological polar surface area (TPSA) is 6.48 Å². The van der Waals surface area contributed by atoms with Crippen LogP contribution in [0, 0.1) is 0 Å². The van der Waals surface area contributed by atoms with Gasteiger partial charge in [0, 0.05) is 34.2 Å². The van der Waals surface area contributed by atoms with Crippen molar-refractivity contribution in [3.05, 3.63) is 212 Å². The normalized spacial score (nSPS) is 15.0. The first-order valence-corrected chi connectivity index (χ1v) is 15.7. The molecule has 1 aliphatic rings. The first kappa shape index (κ1) is 30.2. The molecule has 2 heteroatoms. The van der Waals surface area contributed by atoms with E-state index in [1.165, 1.54) is 27.8 Å². The fourth-order valence-corrected chi connectivity index (χ4v) is 5.77. The number of allylic oxidation sites excluding steroid dienone is 7. The molecule has 2 nitrogen and oxygen atoms in total. The molecule has 0 amide bonds. The van der Waals surface area contributed by atoms with Crippen LogP contribution in [-0.2, 0) is 6.42 Å². The van der Waals surface area contributed by atoms with Gasteiger partial charge in [0.2, 0.25) is 0 Å². The number of hydrogen-bond donors (Lipinski definition) is 0. The van der Waals surface area contributed by atoms with Gasteiger partial charge in [-0.2, -0.15) is 0 Å². The first-order valence-electron chi connectivity index (χ1n) is 15.7. The van der Waals surface area contributed by atoms with Crippen LogP contribution in [0.3, 0.4) is 0 Å². The Hall–Kier alpha value is -5.86. The summed E-state index contributed by atoms with van der Waals surface area (Å²) in [4.78, 5) is 4.46. The molecular weight excluding hydrogens is 556 g/mol. The second-order valence-electron chi connectivity index (χ2n) is 11.2. The summed E-state index contributed by atoms with van der Waals surface area (Å²) >= 11 is 0. The number of benzene rings is 5. The number of fused-ring (bicyclic) bond motifs is 1. The van der Waals surface area contributed by atoms with Crippen molar-refractivity contribution in [3.8, 4) is 22.3 Å². The van der Waals surface area contributed by atoms with Crippen LogP contribution in [0.15, 0.2) is 206 Å². The zero-order valence-corrected chi connectivity index (χ0v) is 26.3. The number of para-hydroxylation sites is 1. The zero-order chi connectivity index (χ0) is 31.7. The predicted molar refractivity (Wildman–Crippen MR) is 198 cm³/mol. The summed E-state index contributed by atoms with van der Waals surface area (Å²) in [5.74, 6) is 0. The Morgan fingerprint density at radius 3 is 1.85 bits per heavy atom. The van der Waals surface area contributed by atoms with E-state index in [4.69, 9.17) is 0 Å². The number of nitrogens with zero attached hydrogens (tertiary/aromatic N) is 2. The van der Waals surface area contributed by atoms with Crippen LogP contribution in [0.4, 0.5) is 17.1 Å². The van der Waals surface area contributed by atoms with E-state index in [-0.39, 0.29) is 0 Å². The summed E-state index contributed by atoms with van der Waals surface area (Å²) < 4.78 is 0. The molecule has 0 atom stereocenters. The smallest absolute Gasteiger partial charge is 0.0496 e. The summed E-state index contributed by atoms with van der Waals surface area (Å²) in [5.41, 5.74) is 12.0. The molecule has 0 unspecified atom stereocenters. The van der Waals surface area contributed by atoms with Crippen LogP contribution in [-0.4, -0.2) is 0 Å². The van der Waals surface area contributed by atoms with E-state index in [0.29, 0.717) is 0 Å². The minimum absolute atomic E-state index is 0.742. The van der Waals surface area contributed by atoms with Crippen LogP contribution in [0.1, 0.15) is 12.5 Å². The number of anilines is 3. The summed E-state index contributed by atoms with van der Waals surface area (Å²) in [7, 11) is 0. The molecule has 0 N–H and O–H groups in total. The third-order valence-corrected chi connectivity index (χ3v) is 8.10. The van der Waals surface area contributed by atoms with Crippen molar-refractivity contribution in [2.24, 2.45) is 0 Å². The lowest BCUT2D eigenvalue weighted by molar-refractivity contribution is 1.11. The van der Waals surface area contributed by atoms with Crippen molar-refractivity contribution in [3.63, 3.8) is 0 Å². The van der Waals surface area contributed by atoms with Crippen molar-refractivity contribution in [1.29, 1.82) is 0 Å². The van der Waals surface area contributed by atoms with Crippen LogP contribution in [0.5, 0.6) is 0 Å². The van der Waals surface area contributed by atoms with Gasteiger partial charge in [0.25, 0.3) is 0 Å². The highest BCUT2D eigenvalue weighted by atomic mass is 15.2. The molecule has 0 saturated heterocycles. The Kier molecular flexibility index (Phi) is 9.37. The van der Waals surface area contributed by atoms with Crippen molar-refractivity contribution >= 4 is 17.1 Å². The monoisotopic (exact) mass is 594 g/mol. The summed E-state index contributed by atoms with van der Waals surface area (Å²) in [6.45, 7) is 11.1. The molecule has 0 saturated carbocycles. The molecule has 1 heterocycles. The van der Waals surface area contributed by atoms with Gasteiger partial charge in [0.1, 0.15) is 0 Å². The van der Waals surface area contributed by atoms with Crippen LogP contribution in [0.2, 0.25) is 0 Å². The predicted octanol–water partition coefficient (Wildman–Crippen LogP) is 11.8. The Labute approximate surface area is 273 Å². The van der Waals surface area contributed by atoms with E-state index in [2.05, 4.69) is 169 Å². The molecule has 224 valence electrons. The van der Waals surface area contributed by atoms with Crippen LogP contribution >= 0.6 is 0 Å². The largest absolute Gasteiger partial charge is 0.311 e. The molecular formula is C44H38N2. The van der Waals surface area contributed by atoms with Crippen molar-refractivity contribution in [2.45, 2.75) is 13.3 Å². The second-order valence-corrected chi connectivity index (χ2v) is 11.2. The van der Waals surface area contributed by atoms with E-state index in [1.807, 2.05) is 37.3 Å². The van der Waals surface area contributed by atoms with E-state index >= 15 is 0 Å². The first-order chi connectivity index (χ1) is 22.6. The average molecular weight is 595 g/mol. The molecule has 0 spiro atoms. The maximum Gasteiger partial charge on any atom is 0.0496 e. The quantitative estimate of drug-likeness (QED) is 0.165. The van der Waals surface area contributed by atoms with E-state index in [1.54, 1.807) is 0 Å². The Morgan fingerprint density at radius 2 is 1.22 bits per heavy atom. The lowest BCUT2D eigenvalue weighted by atomic mass is 10.0. The van der Waals surface area contributed by atoms with Gasteiger partial charge < -0.3 is 9.80 Å². The fraction of sp³-hybridized carbons (Fsp3) is 0.0455. The average Bonchev–Trinajstić information content (AvgIpc) is 3.17. The molecule has 6 rings (SSSR count). The second kappa shape index (κ2) is 14.3. The summed E-state index contributed by atoms with van der Waals surface area (Å²) in [6.07, 6.45) is 15.4. The maximum absolute atomic E-state index is 4.56. The van der Waals surface area contributed by atoms with Crippen LogP contribution < -0.4 is 9.80 Å². The minimum Gasteiger partial charge on any atom is -0.311 e. The van der Waals surface area contributed by atoms with Gasteiger partial charge in [-0.3, -0.25) is 0 Å². The van der Waals surface area contributed by atoms with Gasteiger partial charge in [-0.15, -0.1) is 0 Å². The highest BCUT2D eigenvalue weighted by Crippen LogP contribution is 2.36. The Balaban J connectivity index is 1.38. The molecule has 46 heavy (non-hydrogen) atoms. The van der Waals surface area contributed by atoms with Crippen molar-refractivity contribution in [2.75, 3.05) is 9.80 Å². The number of rotatable bonds is 8. The Bertz CT molecular complexity index is 1920. The van der Waals surface area contributed by atoms with Gasteiger partial charge >= 0.3 is 0 Å². The highest BCUT2D eigenvalue weighted by molar-refractivity contribution is 5.76. The van der Waals surface area contributed by atoms with Gasteiger partial charge in [-0.25, -0.2) is 0 Å². The molecule has 0 radical (unpaired) electrons. The number of hydrogen-bond acceptors (Lipinski definition) is 2. The minimum atomic E-state index is 0.742. The molecule has 0 fully saturated rings. The van der Waals surface area contributed by atoms with Crippen molar-refractivity contribution in [1.82, 2.24) is 0 Å². The van der Waals surface area contributed by atoms with E-state index in [0.717, 1.165) is 40.6 Å². The third kappa shape index (κ3) is 6.77. The molecule has 0 aromatic heterocycles. The van der Waals surface area contributed by atoms with Crippen molar-refractivity contribution < 1.29 is 0 Å². The summed E-state index contributed by atoms with van der Waals surface area (Å²) in [6, 6.07) is 46.9. The molecule has 5 aromatic rings. The lowest BCUT2D eigenvalue weighted by Gasteiger charge is -2.28. The Morgan fingerprint density at radius 1 is 0.652 bits per heavy atom. The zero-order valence-electron chi connectivity index (χ0n) is 26.3. The van der Waals surface area contributed by atoms with E-state index < -0.39 is 0 Å². The van der Waals surface area contributed by atoms with Gasteiger partial charge in [0.15, 0.2) is 0 Å². The molecule has 0 aliphatic carbocycles. The van der Waals surface area contributed by atoms with Gasteiger partial charge in [-0.05, 0) is 89.7 Å².